The first-order chi connectivity index (χ1) is 13.0. The number of hydrogen-bond donors (Lipinski definition) is 1. The smallest absolute Gasteiger partial charge is 0.327 e. The Labute approximate surface area is 157 Å². The third kappa shape index (κ3) is 3.20. The van der Waals surface area contributed by atoms with Crippen LogP contribution in [0.4, 0.5) is 4.79 Å². The van der Waals surface area contributed by atoms with Crippen LogP contribution in [-0.2, 0) is 17.8 Å². The van der Waals surface area contributed by atoms with Crippen molar-refractivity contribution >= 4 is 22.8 Å². The van der Waals surface area contributed by atoms with Crippen molar-refractivity contribution in [2.75, 3.05) is 13.1 Å². The van der Waals surface area contributed by atoms with Gasteiger partial charge in [-0.3, -0.25) is 9.69 Å². The number of urea groups is 1. The van der Waals surface area contributed by atoms with Crippen LogP contribution in [0.2, 0.25) is 0 Å². The molecule has 0 aliphatic carbocycles. The fourth-order valence-corrected chi connectivity index (χ4v) is 3.65. The minimum absolute atomic E-state index is 0.121. The summed E-state index contributed by atoms with van der Waals surface area (Å²) in [5.41, 5.74) is 4.10. The highest BCUT2D eigenvalue weighted by Gasteiger charge is 2.32. The molecule has 0 unspecified atom stereocenters. The Balaban J connectivity index is 1.49. The maximum atomic E-state index is 12.8. The number of fused-ring (bicyclic) bond motifs is 1. The molecule has 0 bridgehead atoms. The molecule has 1 saturated heterocycles. The maximum Gasteiger partial charge on any atom is 0.327 e. The number of nitrogens with one attached hydrogen (secondary N) is 1. The van der Waals surface area contributed by atoms with E-state index in [2.05, 4.69) is 23.0 Å². The first kappa shape index (κ1) is 17.3. The van der Waals surface area contributed by atoms with Gasteiger partial charge >= 0.3 is 6.03 Å². The van der Waals surface area contributed by atoms with E-state index in [0.29, 0.717) is 38.2 Å². The second kappa shape index (κ2) is 6.90. The van der Waals surface area contributed by atoms with Crippen molar-refractivity contribution in [3.05, 3.63) is 53.4 Å². The van der Waals surface area contributed by atoms with Crippen molar-refractivity contribution in [2.45, 2.75) is 33.2 Å². The second-order valence-corrected chi connectivity index (χ2v) is 6.92. The van der Waals surface area contributed by atoms with Gasteiger partial charge in [-0.05, 0) is 37.5 Å². The van der Waals surface area contributed by atoms with E-state index in [1.807, 2.05) is 25.3 Å². The van der Waals surface area contributed by atoms with Gasteiger partial charge in [-0.15, -0.1) is 0 Å². The minimum Gasteiger partial charge on any atom is -0.448 e. The summed E-state index contributed by atoms with van der Waals surface area (Å²) in [6.07, 6.45) is 4.29. The number of H-pyrrole nitrogens is 1. The third-order valence-corrected chi connectivity index (χ3v) is 5.18. The van der Waals surface area contributed by atoms with Gasteiger partial charge < -0.3 is 14.3 Å². The van der Waals surface area contributed by atoms with E-state index in [-0.39, 0.29) is 11.9 Å². The molecule has 1 aliphatic heterocycles. The lowest BCUT2D eigenvalue weighted by Crippen LogP contribution is -2.52. The average molecular weight is 366 g/mol. The quantitative estimate of drug-likeness (QED) is 0.752. The summed E-state index contributed by atoms with van der Waals surface area (Å²) in [5, 5.41) is 1.17. The molecule has 140 valence electrons. The van der Waals surface area contributed by atoms with Crippen molar-refractivity contribution in [2.24, 2.45) is 0 Å². The van der Waals surface area contributed by atoms with E-state index in [4.69, 9.17) is 4.42 Å². The minimum atomic E-state index is -0.259. The topological polar surface area (TPSA) is 82.4 Å². The van der Waals surface area contributed by atoms with Crippen LogP contribution in [0.15, 0.2) is 35.2 Å². The zero-order valence-corrected chi connectivity index (χ0v) is 15.5. The number of carbonyl (C=O) groups excluding carboxylic acids is 2. The molecule has 0 spiro atoms. The number of benzene rings is 1. The molecule has 0 radical (unpaired) electrons. The van der Waals surface area contributed by atoms with Crippen molar-refractivity contribution in [3.8, 4) is 0 Å². The molecule has 1 fully saturated rings. The number of hydrogen-bond acceptors (Lipinski definition) is 4. The Morgan fingerprint density at radius 2 is 2.11 bits per heavy atom. The lowest BCUT2D eigenvalue weighted by atomic mass is 10.1. The molecule has 0 atom stereocenters. The fraction of sp³-hybridized carbons (Fsp3) is 0.350. The SMILES string of the molecule is Cc1ocnc1CN1CCC(=O)N(CCc2c[nH]c3cccc(C)c23)C1=O. The molecule has 1 N–H and O–H groups in total. The summed E-state index contributed by atoms with van der Waals surface area (Å²) in [4.78, 5) is 35.6. The van der Waals surface area contributed by atoms with E-state index < -0.39 is 0 Å². The van der Waals surface area contributed by atoms with Crippen LogP contribution in [0, 0.1) is 13.8 Å². The van der Waals surface area contributed by atoms with Gasteiger partial charge in [0, 0.05) is 36.6 Å². The summed E-state index contributed by atoms with van der Waals surface area (Å²) in [6, 6.07) is 5.86. The highest BCUT2D eigenvalue weighted by molar-refractivity contribution is 5.97. The molecule has 3 heterocycles. The van der Waals surface area contributed by atoms with Crippen molar-refractivity contribution in [1.82, 2.24) is 19.8 Å². The molecule has 0 saturated carbocycles. The molecule has 7 heteroatoms. The number of carbonyl (C=O) groups is 2. The lowest BCUT2D eigenvalue weighted by Gasteiger charge is -2.33. The Kier molecular flexibility index (Phi) is 4.43. The molecule has 2 aromatic heterocycles. The number of amides is 3. The summed E-state index contributed by atoms with van der Waals surface area (Å²) in [5.74, 6) is 0.574. The van der Waals surface area contributed by atoms with Crippen molar-refractivity contribution < 1.29 is 14.0 Å². The predicted molar refractivity (Wildman–Crippen MR) is 100 cm³/mol. The van der Waals surface area contributed by atoms with E-state index in [1.54, 1.807) is 4.90 Å². The van der Waals surface area contributed by atoms with Crippen LogP contribution < -0.4 is 0 Å². The van der Waals surface area contributed by atoms with Gasteiger partial charge in [-0.25, -0.2) is 9.78 Å². The number of aromatic amines is 1. The number of rotatable bonds is 5. The zero-order valence-electron chi connectivity index (χ0n) is 15.5. The molecule has 27 heavy (non-hydrogen) atoms. The molecule has 4 rings (SSSR count). The predicted octanol–water partition coefficient (Wildman–Crippen LogP) is 3.17. The molecule has 3 aromatic rings. The Hall–Kier alpha value is -3.09. The van der Waals surface area contributed by atoms with Gasteiger partial charge in [0.15, 0.2) is 6.39 Å². The normalized spacial score (nSPS) is 15.2. The Morgan fingerprint density at radius 1 is 1.26 bits per heavy atom. The van der Waals surface area contributed by atoms with E-state index >= 15 is 0 Å². The molecule has 1 aliphatic rings. The first-order valence-corrected chi connectivity index (χ1v) is 9.08. The third-order valence-electron chi connectivity index (χ3n) is 5.18. The van der Waals surface area contributed by atoms with Gasteiger partial charge in [0.25, 0.3) is 0 Å². The monoisotopic (exact) mass is 366 g/mol. The van der Waals surface area contributed by atoms with E-state index in [9.17, 15) is 9.59 Å². The van der Waals surface area contributed by atoms with Crippen molar-refractivity contribution in [1.29, 1.82) is 0 Å². The van der Waals surface area contributed by atoms with Crippen LogP contribution in [0.3, 0.4) is 0 Å². The molecule has 1 aromatic carbocycles. The van der Waals surface area contributed by atoms with Crippen molar-refractivity contribution in [3.63, 3.8) is 0 Å². The first-order valence-electron chi connectivity index (χ1n) is 9.08. The Morgan fingerprint density at radius 3 is 2.89 bits per heavy atom. The van der Waals surface area contributed by atoms with Crippen LogP contribution in [0.25, 0.3) is 10.9 Å². The Bertz CT molecular complexity index is 1000. The summed E-state index contributed by atoms with van der Waals surface area (Å²) >= 11 is 0. The number of imide groups is 1. The standard InChI is InChI=1S/C20H22N4O3/c1-13-4-3-5-16-19(13)15(10-21-16)6-9-24-18(25)7-8-23(20(24)26)11-17-14(2)27-12-22-17/h3-5,10,12,21H,6-9,11H2,1-2H3. The summed E-state index contributed by atoms with van der Waals surface area (Å²) in [7, 11) is 0. The summed E-state index contributed by atoms with van der Waals surface area (Å²) < 4.78 is 5.20. The van der Waals surface area contributed by atoms with Gasteiger partial charge in [0.2, 0.25) is 5.91 Å². The van der Waals surface area contributed by atoms with Crippen LogP contribution in [0.5, 0.6) is 0 Å². The van der Waals surface area contributed by atoms with Gasteiger partial charge in [-0.2, -0.15) is 0 Å². The largest absolute Gasteiger partial charge is 0.448 e. The van der Waals surface area contributed by atoms with Gasteiger partial charge in [0.1, 0.15) is 11.5 Å². The number of aromatic nitrogens is 2. The second-order valence-electron chi connectivity index (χ2n) is 6.92. The summed E-state index contributed by atoms with van der Waals surface area (Å²) in [6.45, 7) is 5.02. The number of aryl methyl sites for hydroxylation is 2. The van der Waals surface area contributed by atoms with E-state index in [1.165, 1.54) is 22.2 Å². The van der Waals surface area contributed by atoms with Crippen LogP contribution in [-0.4, -0.2) is 44.8 Å². The highest BCUT2D eigenvalue weighted by atomic mass is 16.3. The number of nitrogens with zero attached hydrogens (tertiary/aromatic N) is 3. The van der Waals surface area contributed by atoms with Crippen LogP contribution >= 0.6 is 0 Å². The maximum absolute atomic E-state index is 12.8. The lowest BCUT2D eigenvalue weighted by molar-refractivity contribution is -0.131. The number of oxazole rings is 1. The van der Waals surface area contributed by atoms with E-state index in [0.717, 1.165) is 16.8 Å². The molecular weight excluding hydrogens is 344 g/mol. The molecule has 7 nitrogen and oxygen atoms in total. The zero-order chi connectivity index (χ0) is 19.0. The highest BCUT2D eigenvalue weighted by Crippen LogP contribution is 2.23. The molecule has 3 amide bonds. The van der Waals surface area contributed by atoms with Crippen LogP contribution in [0.1, 0.15) is 29.0 Å². The van der Waals surface area contributed by atoms with Gasteiger partial charge in [-0.1, -0.05) is 12.1 Å². The molecular formula is C20H22N4O3. The van der Waals surface area contributed by atoms with Gasteiger partial charge in [0.05, 0.1) is 6.54 Å². The average Bonchev–Trinajstić information content (AvgIpc) is 3.24. The fourth-order valence-electron chi connectivity index (χ4n) is 3.65.